The SMILES string of the molecule is CN=[SH]1(O)CCN(C[C@H](C)Nc2ccc(S(N)(=O)=O)cc2[N+](=O)[O-])CC1. The number of anilines is 1. The molecule has 0 radical (unpaired) electrons. The molecule has 1 fully saturated rings. The molecular weight excluding hydrogens is 382 g/mol. The summed E-state index contributed by atoms with van der Waals surface area (Å²) in [6.07, 6.45) is 0. The number of nitrogens with two attached hydrogens (primary N) is 1. The van der Waals surface area contributed by atoms with Crippen LogP contribution in [0.3, 0.4) is 0 Å². The van der Waals surface area contributed by atoms with Gasteiger partial charge in [0.25, 0.3) is 5.69 Å². The molecule has 0 saturated carbocycles. The molecule has 0 amide bonds. The van der Waals surface area contributed by atoms with Gasteiger partial charge in [-0.1, -0.05) is 0 Å². The Balaban J connectivity index is 2.07. The van der Waals surface area contributed by atoms with Gasteiger partial charge in [-0.15, -0.1) is 10.1 Å². The Morgan fingerprint density at radius 1 is 1.46 bits per heavy atom. The molecule has 2 rings (SSSR count). The third kappa shape index (κ3) is 5.20. The van der Waals surface area contributed by atoms with E-state index < -0.39 is 25.1 Å². The van der Waals surface area contributed by atoms with Gasteiger partial charge in [0.2, 0.25) is 10.0 Å². The summed E-state index contributed by atoms with van der Waals surface area (Å²) in [4.78, 5) is 12.5. The number of primary sulfonamides is 1. The van der Waals surface area contributed by atoms with E-state index in [1.165, 1.54) is 12.1 Å². The number of rotatable bonds is 6. The first-order valence-electron chi connectivity index (χ1n) is 8.05. The lowest BCUT2D eigenvalue weighted by Gasteiger charge is -2.36. The Labute approximate surface area is 153 Å². The van der Waals surface area contributed by atoms with Gasteiger partial charge in [-0.05, 0) is 19.1 Å². The lowest BCUT2D eigenvalue weighted by molar-refractivity contribution is -0.384. The minimum Gasteiger partial charge on any atom is -0.376 e. The van der Waals surface area contributed by atoms with Crippen LogP contribution in [-0.4, -0.2) is 67.0 Å². The number of sulfonamides is 1. The van der Waals surface area contributed by atoms with Crippen molar-refractivity contribution >= 4 is 31.5 Å². The summed E-state index contributed by atoms with van der Waals surface area (Å²) in [5, 5.41) is 19.3. The smallest absolute Gasteiger partial charge is 0.293 e. The lowest BCUT2D eigenvalue weighted by Crippen LogP contribution is -2.46. The molecule has 0 spiro atoms. The molecule has 1 aliphatic heterocycles. The highest BCUT2D eigenvalue weighted by Crippen LogP contribution is 2.28. The Hall–Kier alpha value is -1.60. The van der Waals surface area contributed by atoms with Crippen LogP contribution in [0.25, 0.3) is 0 Å². The van der Waals surface area contributed by atoms with Crippen LogP contribution in [-0.2, 0) is 20.1 Å². The van der Waals surface area contributed by atoms with E-state index in [0.717, 1.165) is 19.2 Å². The van der Waals surface area contributed by atoms with Crippen molar-refractivity contribution in [3.8, 4) is 0 Å². The predicted molar refractivity (Wildman–Crippen MR) is 103 cm³/mol. The van der Waals surface area contributed by atoms with Crippen molar-refractivity contribution in [3.63, 3.8) is 0 Å². The fraction of sp³-hybridized carbons (Fsp3) is 0.571. The third-order valence-electron chi connectivity index (χ3n) is 4.35. The monoisotopic (exact) mass is 407 g/mol. The van der Waals surface area contributed by atoms with Crippen molar-refractivity contribution < 1.29 is 17.9 Å². The first-order chi connectivity index (χ1) is 12.0. The minimum absolute atomic E-state index is 0.114. The summed E-state index contributed by atoms with van der Waals surface area (Å²) in [7, 11) is -4.49. The normalized spacial score (nSPS) is 20.2. The van der Waals surface area contributed by atoms with E-state index in [0.29, 0.717) is 18.1 Å². The quantitative estimate of drug-likeness (QED) is 0.305. The van der Waals surface area contributed by atoms with E-state index in [4.69, 9.17) is 5.14 Å². The van der Waals surface area contributed by atoms with Gasteiger partial charge in [0.15, 0.2) is 0 Å². The van der Waals surface area contributed by atoms with Gasteiger partial charge in [0, 0.05) is 50.3 Å². The molecule has 1 aliphatic rings. The van der Waals surface area contributed by atoms with Crippen molar-refractivity contribution in [1.82, 2.24) is 4.90 Å². The molecule has 1 saturated heterocycles. The van der Waals surface area contributed by atoms with Gasteiger partial charge in [0.05, 0.1) is 9.82 Å². The number of nitro benzene ring substituents is 1. The lowest BCUT2D eigenvalue weighted by atomic mass is 10.2. The Kier molecular flexibility index (Phi) is 6.34. The second-order valence-electron chi connectivity index (χ2n) is 6.35. The zero-order chi connectivity index (χ0) is 19.5. The summed E-state index contributed by atoms with van der Waals surface area (Å²) in [5.74, 6) is 1.30. The van der Waals surface area contributed by atoms with Crippen LogP contribution < -0.4 is 10.5 Å². The molecule has 26 heavy (non-hydrogen) atoms. The molecule has 1 atom stereocenters. The molecule has 0 unspecified atom stereocenters. The zero-order valence-corrected chi connectivity index (χ0v) is 16.4. The van der Waals surface area contributed by atoms with Gasteiger partial charge in [-0.2, -0.15) is 0 Å². The van der Waals surface area contributed by atoms with Crippen molar-refractivity contribution in [2.45, 2.75) is 17.9 Å². The maximum atomic E-state index is 11.4. The number of thiol groups is 1. The number of hydrogen-bond donors (Lipinski definition) is 4. The third-order valence-corrected chi connectivity index (χ3v) is 7.84. The van der Waals surface area contributed by atoms with E-state index in [9.17, 15) is 23.1 Å². The zero-order valence-electron chi connectivity index (χ0n) is 14.7. The molecule has 1 aromatic rings. The highest BCUT2D eigenvalue weighted by molar-refractivity contribution is 8.00. The van der Waals surface area contributed by atoms with Crippen LogP contribution in [0.15, 0.2) is 27.5 Å². The van der Waals surface area contributed by atoms with Gasteiger partial charge in [-0.25, -0.2) is 13.6 Å². The summed E-state index contributed by atoms with van der Waals surface area (Å²) >= 11 is 0. The van der Waals surface area contributed by atoms with Crippen molar-refractivity contribution in [2.75, 3.05) is 43.5 Å². The Morgan fingerprint density at radius 2 is 2.08 bits per heavy atom. The summed E-state index contributed by atoms with van der Waals surface area (Å²) in [5.41, 5.74) is -0.105. The first-order valence-corrected chi connectivity index (χ1v) is 11.7. The maximum absolute atomic E-state index is 11.4. The molecule has 4 N–H and O–H groups in total. The molecule has 0 aromatic heterocycles. The van der Waals surface area contributed by atoms with E-state index in [2.05, 4.69) is 14.6 Å². The molecule has 10 nitrogen and oxygen atoms in total. The van der Waals surface area contributed by atoms with Gasteiger partial charge in [0.1, 0.15) is 5.69 Å². The molecule has 1 aromatic carbocycles. The van der Waals surface area contributed by atoms with Crippen molar-refractivity contribution in [3.05, 3.63) is 28.3 Å². The maximum Gasteiger partial charge on any atom is 0.293 e. The van der Waals surface area contributed by atoms with Crippen LogP contribution in [0.1, 0.15) is 6.92 Å². The highest BCUT2D eigenvalue weighted by atomic mass is 32.3. The van der Waals surface area contributed by atoms with Crippen LogP contribution >= 0.6 is 0 Å². The van der Waals surface area contributed by atoms with Gasteiger partial charge >= 0.3 is 0 Å². The average Bonchev–Trinajstić information content (AvgIpc) is 2.56. The fourth-order valence-corrected chi connectivity index (χ4v) is 5.23. The van der Waals surface area contributed by atoms with Crippen molar-refractivity contribution in [2.24, 2.45) is 9.50 Å². The second kappa shape index (κ2) is 7.96. The topological polar surface area (TPSA) is 151 Å². The van der Waals surface area contributed by atoms with Gasteiger partial charge < -0.3 is 9.87 Å². The molecule has 12 heteroatoms. The van der Waals surface area contributed by atoms with Crippen LogP contribution in [0.4, 0.5) is 11.4 Å². The summed E-state index contributed by atoms with van der Waals surface area (Å²) in [6, 6.07) is 3.44. The van der Waals surface area contributed by atoms with E-state index in [1.807, 2.05) is 6.92 Å². The Morgan fingerprint density at radius 3 is 2.58 bits per heavy atom. The number of nitrogens with one attached hydrogen (secondary N) is 1. The summed E-state index contributed by atoms with van der Waals surface area (Å²) < 4.78 is 37.1. The molecule has 1 heterocycles. The standard InChI is InChI=1S/C14H25N5O5S2/c1-11(10-18-5-7-25(22,16-2)8-6-18)17-13-4-3-12(26(15,23)24)9-14(13)19(20)21/h3-4,9,11,17,25H,5-8,10H2,1-2H3,(H,16,22)(H2,15,23,24)/t11-/m0/s1. The Bertz CT molecular complexity index is 830. The molecule has 0 bridgehead atoms. The minimum atomic E-state index is -4.01. The second-order valence-corrected chi connectivity index (χ2v) is 11.0. The van der Waals surface area contributed by atoms with Crippen LogP contribution in [0.5, 0.6) is 0 Å². The van der Waals surface area contributed by atoms with E-state index in [-0.39, 0.29) is 22.3 Å². The number of nitrogens with zero attached hydrogens (tertiary/aromatic N) is 3. The number of nitro groups is 1. The summed E-state index contributed by atoms with van der Waals surface area (Å²) in [6.45, 7) is 3.97. The molecule has 0 aliphatic carbocycles. The van der Waals surface area contributed by atoms with E-state index in [1.54, 1.807) is 7.05 Å². The fourth-order valence-electron chi connectivity index (χ4n) is 2.87. The van der Waals surface area contributed by atoms with Crippen LogP contribution in [0.2, 0.25) is 0 Å². The van der Waals surface area contributed by atoms with Crippen molar-refractivity contribution in [1.29, 1.82) is 0 Å². The van der Waals surface area contributed by atoms with Crippen LogP contribution in [0, 0.1) is 10.1 Å². The van der Waals surface area contributed by atoms with Gasteiger partial charge in [-0.3, -0.25) is 19.4 Å². The highest BCUT2D eigenvalue weighted by Gasteiger charge is 2.23. The number of hydrogen-bond acceptors (Lipinski definition) is 7. The predicted octanol–water partition coefficient (Wildman–Crippen LogP) is 0.531. The molecular formula is C14H25N5O5S2. The van der Waals surface area contributed by atoms with E-state index >= 15 is 0 Å². The number of benzene rings is 1. The molecule has 148 valence electrons. The first kappa shape index (κ1) is 20.7. The average molecular weight is 408 g/mol. The largest absolute Gasteiger partial charge is 0.376 e.